The Kier molecular flexibility index (Phi) is 3.97. The first-order valence-electron chi connectivity index (χ1n) is 6.58. The summed E-state index contributed by atoms with van der Waals surface area (Å²) in [5, 5.41) is 0. The van der Waals surface area contributed by atoms with Crippen LogP contribution >= 0.6 is 11.6 Å². The Labute approximate surface area is 126 Å². The van der Waals surface area contributed by atoms with Crippen molar-refractivity contribution in [3.05, 3.63) is 59.2 Å². The number of rotatable bonds is 4. The SMILES string of the molecule is Fc1cc(CCl)cc(F)c1OCC1Cc2ccccc2O1. The maximum atomic E-state index is 13.8. The van der Waals surface area contributed by atoms with Gasteiger partial charge in [-0.2, -0.15) is 0 Å². The van der Waals surface area contributed by atoms with E-state index in [-0.39, 0.29) is 24.3 Å². The molecule has 0 aliphatic carbocycles. The molecular weight excluding hydrogens is 298 g/mol. The zero-order chi connectivity index (χ0) is 14.8. The first-order valence-corrected chi connectivity index (χ1v) is 7.12. The monoisotopic (exact) mass is 310 g/mol. The third-order valence-electron chi connectivity index (χ3n) is 3.34. The third kappa shape index (κ3) is 2.95. The van der Waals surface area contributed by atoms with E-state index in [1.807, 2.05) is 24.3 Å². The van der Waals surface area contributed by atoms with Gasteiger partial charge in [-0.1, -0.05) is 18.2 Å². The summed E-state index contributed by atoms with van der Waals surface area (Å²) in [5.41, 5.74) is 1.45. The standard InChI is InChI=1S/C16H13ClF2O2/c17-8-10-5-13(18)16(14(19)6-10)20-9-12-7-11-3-1-2-4-15(11)21-12/h1-6,12H,7-9H2. The van der Waals surface area contributed by atoms with Gasteiger partial charge in [0.25, 0.3) is 0 Å². The fourth-order valence-corrected chi connectivity index (χ4v) is 2.50. The molecule has 110 valence electrons. The minimum absolute atomic E-state index is 0.0508. The lowest BCUT2D eigenvalue weighted by Crippen LogP contribution is -2.23. The summed E-state index contributed by atoms with van der Waals surface area (Å²) in [6.07, 6.45) is 0.424. The Bertz CT molecular complexity index is 612. The lowest BCUT2D eigenvalue weighted by Gasteiger charge is -2.14. The molecule has 2 nitrogen and oxygen atoms in total. The first-order chi connectivity index (χ1) is 10.2. The molecule has 0 saturated carbocycles. The van der Waals surface area contributed by atoms with E-state index in [0.29, 0.717) is 12.0 Å². The highest BCUT2D eigenvalue weighted by atomic mass is 35.5. The van der Waals surface area contributed by atoms with Crippen LogP contribution in [0.25, 0.3) is 0 Å². The number of hydrogen-bond donors (Lipinski definition) is 0. The Hall–Kier alpha value is -1.81. The zero-order valence-corrected chi connectivity index (χ0v) is 11.9. The van der Waals surface area contributed by atoms with Gasteiger partial charge in [-0.15, -0.1) is 11.6 Å². The maximum Gasteiger partial charge on any atom is 0.190 e. The molecule has 1 aliphatic heterocycles. The van der Waals surface area contributed by atoms with Gasteiger partial charge in [-0.25, -0.2) is 8.78 Å². The van der Waals surface area contributed by atoms with Gasteiger partial charge in [0, 0.05) is 12.3 Å². The average molecular weight is 311 g/mol. The average Bonchev–Trinajstić information content (AvgIpc) is 2.88. The van der Waals surface area contributed by atoms with E-state index in [1.54, 1.807) is 0 Å². The molecule has 0 bridgehead atoms. The molecule has 0 aromatic heterocycles. The van der Waals surface area contributed by atoms with Crippen LogP contribution in [0, 0.1) is 11.6 Å². The number of hydrogen-bond acceptors (Lipinski definition) is 2. The minimum atomic E-state index is -0.749. The van der Waals surface area contributed by atoms with Gasteiger partial charge >= 0.3 is 0 Å². The Balaban J connectivity index is 1.67. The predicted molar refractivity (Wildman–Crippen MR) is 76.0 cm³/mol. The molecule has 2 aromatic carbocycles. The van der Waals surface area contributed by atoms with Crippen LogP contribution in [0.4, 0.5) is 8.78 Å². The zero-order valence-electron chi connectivity index (χ0n) is 11.1. The van der Waals surface area contributed by atoms with Crippen molar-refractivity contribution in [3.63, 3.8) is 0 Å². The summed E-state index contributed by atoms with van der Waals surface area (Å²) < 4.78 is 38.5. The van der Waals surface area contributed by atoms with E-state index in [0.717, 1.165) is 11.3 Å². The molecule has 21 heavy (non-hydrogen) atoms. The molecule has 1 aliphatic rings. The predicted octanol–water partition coefficient (Wildman–Crippen LogP) is 4.09. The van der Waals surface area contributed by atoms with Gasteiger partial charge in [-0.3, -0.25) is 0 Å². The second kappa shape index (κ2) is 5.90. The van der Waals surface area contributed by atoms with Gasteiger partial charge in [-0.05, 0) is 29.3 Å². The second-order valence-corrected chi connectivity index (χ2v) is 5.15. The Morgan fingerprint density at radius 1 is 1.19 bits per heavy atom. The van der Waals surface area contributed by atoms with Crippen molar-refractivity contribution < 1.29 is 18.3 Å². The number of fused-ring (bicyclic) bond motifs is 1. The van der Waals surface area contributed by atoms with Crippen molar-refractivity contribution in [2.75, 3.05) is 6.61 Å². The Morgan fingerprint density at radius 3 is 2.57 bits per heavy atom. The van der Waals surface area contributed by atoms with E-state index in [1.165, 1.54) is 12.1 Å². The van der Waals surface area contributed by atoms with Crippen molar-refractivity contribution in [1.29, 1.82) is 0 Å². The normalized spacial score (nSPS) is 16.4. The summed E-state index contributed by atoms with van der Waals surface area (Å²) in [5.74, 6) is -1.04. The van der Waals surface area contributed by atoms with E-state index in [2.05, 4.69) is 0 Å². The molecule has 0 saturated heterocycles. The van der Waals surface area contributed by atoms with Crippen molar-refractivity contribution >= 4 is 11.6 Å². The van der Waals surface area contributed by atoms with Crippen LogP contribution in [-0.2, 0) is 12.3 Å². The maximum absolute atomic E-state index is 13.8. The van der Waals surface area contributed by atoms with Gasteiger partial charge in [0.05, 0.1) is 0 Å². The number of ether oxygens (including phenoxy) is 2. The summed E-state index contributed by atoms with van der Waals surface area (Å²) >= 11 is 5.56. The molecule has 0 spiro atoms. The van der Waals surface area contributed by atoms with Crippen LogP contribution in [-0.4, -0.2) is 12.7 Å². The smallest absolute Gasteiger partial charge is 0.190 e. The van der Waals surface area contributed by atoms with E-state index < -0.39 is 11.6 Å². The highest BCUT2D eigenvalue weighted by molar-refractivity contribution is 6.17. The van der Waals surface area contributed by atoms with Gasteiger partial charge < -0.3 is 9.47 Å². The minimum Gasteiger partial charge on any atom is -0.486 e. The molecule has 1 heterocycles. The topological polar surface area (TPSA) is 18.5 Å². The third-order valence-corrected chi connectivity index (χ3v) is 3.65. The number of halogens is 3. The van der Waals surface area contributed by atoms with Crippen LogP contribution in [0.5, 0.6) is 11.5 Å². The van der Waals surface area contributed by atoms with Crippen LogP contribution in [0.3, 0.4) is 0 Å². The molecule has 0 N–H and O–H groups in total. The van der Waals surface area contributed by atoms with Gasteiger partial charge in [0.2, 0.25) is 0 Å². The lowest BCUT2D eigenvalue weighted by molar-refractivity contribution is 0.141. The van der Waals surface area contributed by atoms with Crippen molar-refractivity contribution in [2.45, 2.75) is 18.4 Å². The number of para-hydroxylation sites is 1. The fourth-order valence-electron chi connectivity index (χ4n) is 2.35. The lowest BCUT2D eigenvalue weighted by atomic mass is 10.1. The van der Waals surface area contributed by atoms with Crippen LogP contribution in [0.1, 0.15) is 11.1 Å². The molecule has 1 atom stereocenters. The quantitative estimate of drug-likeness (QED) is 0.792. The molecule has 0 fully saturated rings. The summed E-state index contributed by atoms with van der Waals surface area (Å²) in [6, 6.07) is 9.99. The largest absolute Gasteiger partial charge is 0.486 e. The summed E-state index contributed by atoms with van der Waals surface area (Å²) in [6.45, 7) is 0.0861. The second-order valence-electron chi connectivity index (χ2n) is 4.88. The van der Waals surface area contributed by atoms with Crippen molar-refractivity contribution in [3.8, 4) is 11.5 Å². The number of alkyl halides is 1. The molecule has 0 radical (unpaired) electrons. The fraction of sp³-hybridized carbons (Fsp3) is 0.250. The molecule has 0 amide bonds. The van der Waals surface area contributed by atoms with Gasteiger partial charge in [0.15, 0.2) is 17.4 Å². The van der Waals surface area contributed by atoms with Crippen molar-refractivity contribution in [1.82, 2.24) is 0 Å². The van der Waals surface area contributed by atoms with Crippen LogP contribution < -0.4 is 9.47 Å². The van der Waals surface area contributed by atoms with E-state index in [4.69, 9.17) is 21.1 Å². The van der Waals surface area contributed by atoms with Crippen molar-refractivity contribution in [2.24, 2.45) is 0 Å². The first kappa shape index (κ1) is 14.1. The van der Waals surface area contributed by atoms with Crippen LogP contribution in [0.15, 0.2) is 36.4 Å². The highest BCUT2D eigenvalue weighted by Gasteiger charge is 2.24. The number of benzene rings is 2. The molecule has 5 heteroatoms. The Morgan fingerprint density at radius 2 is 1.90 bits per heavy atom. The molecular formula is C16H13ClF2O2. The van der Waals surface area contributed by atoms with E-state index >= 15 is 0 Å². The summed E-state index contributed by atoms with van der Waals surface area (Å²) in [4.78, 5) is 0. The molecule has 2 aromatic rings. The molecule has 1 unspecified atom stereocenters. The molecule has 3 rings (SSSR count). The van der Waals surface area contributed by atoms with E-state index in [9.17, 15) is 8.78 Å². The summed E-state index contributed by atoms with van der Waals surface area (Å²) in [7, 11) is 0. The highest BCUT2D eigenvalue weighted by Crippen LogP contribution is 2.29. The van der Waals surface area contributed by atoms with Gasteiger partial charge in [0.1, 0.15) is 18.5 Å². The van der Waals surface area contributed by atoms with Crippen LogP contribution in [0.2, 0.25) is 0 Å².